The summed E-state index contributed by atoms with van der Waals surface area (Å²) in [5.41, 5.74) is 2.54. The number of rotatable bonds is 1. The van der Waals surface area contributed by atoms with Crippen molar-refractivity contribution < 1.29 is 8.81 Å². The molecular formula is C16H11FN2O. The first-order valence-corrected chi connectivity index (χ1v) is 6.21. The van der Waals surface area contributed by atoms with Gasteiger partial charge in [0, 0.05) is 5.22 Å². The number of hydrogen-bond donors (Lipinski definition) is 0. The summed E-state index contributed by atoms with van der Waals surface area (Å²) in [6.07, 6.45) is 1.41. The predicted molar refractivity (Wildman–Crippen MR) is 72.1 cm³/mol. The zero-order valence-electron chi connectivity index (χ0n) is 10.8. The van der Waals surface area contributed by atoms with E-state index >= 15 is 0 Å². The third-order valence-corrected chi connectivity index (χ3v) is 3.33. The smallest absolute Gasteiger partial charge is 0.181 e. The zero-order chi connectivity index (χ0) is 14.1. The van der Waals surface area contributed by atoms with Crippen molar-refractivity contribution in [1.29, 1.82) is 5.26 Å². The number of nitriles is 1. The molecule has 0 saturated heterocycles. The second kappa shape index (κ2) is 4.78. The van der Waals surface area contributed by atoms with Crippen LogP contribution in [0.1, 0.15) is 18.4 Å². The van der Waals surface area contributed by atoms with E-state index < -0.39 is 0 Å². The van der Waals surface area contributed by atoms with Crippen LogP contribution in [0.2, 0.25) is 0 Å². The van der Waals surface area contributed by atoms with Gasteiger partial charge in [-0.25, -0.2) is 9.37 Å². The summed E-state index contributed by atoms with van der Waals surface area (Å²) in [5.74, 6) is -0.154. The fourth-order valence-electron chi connectivity index (χ4n) is 1.96. The van der Waals surface area contributed by atoms with E-state index in [1.807, 2.05) is 31.2 Å². The van der Waals surface area contributed by atoms with Gasteiger partial charge >= 0.3 is 0 Å². The summed E-state index contributed by atoms with van der Waals surface area (Å²) in [5, 5.41) is 10.6. The minimum Gasteiger partial charge on any atom is -0.443 e. The fourth-order valence-corrected chi connectivity index (χ4v) is 1.96. The Kier molecular flexibility index (Phi) is 2.96. The van der Waals surface area contributed by atoms with Crippen LogP contribution < -0.4 is 0 Å². The highest BCUT2D eigenvalue weighted by atomic mass is 19.1. The molecule has 0 radical (unpaired) electrons. The highest BCUT2D eigenvalue weighted by Crippen LogP contribution is 2.19. The van der Waals surface area contributed by atoms with Crippen LogP contribution in [-0.4, -0.2) is 4.98 Å². The van der Waals surface area contributed by atoms with Crippen molar-refractivity contribution in [3.05, 3.63) is 64.6 Å². The molecule has 1 aromatic carbocycles. The zero-order valence-corrected chi connectivity index (χ0v) is 10.8. The molecule has 4 rings (SSSR count). The lowest BCUT2D eigenvalue weighted by Crippen LogP contribution is -1.90. The Morgan fingerprint density at radius 2 is 2.10 bits per heavy atom. The lowest BCUT2D eigenvalue weighted by atomic mass is 10.0. The molecule has 0 spiro atoms. The third-order valence-electron chi connectivity index (χ3n) is 3.33. The van der Waals surface area contributed by atoms with Gasteiger partial charge in [-0.15, -0.1) is 0 Å². The molecule has 0 amide bonds. The van der Waals surface area contributed by atoms with E-state index in [4.69, 9.17) is 9.68 Å². The van der Waals surface area contributed by atoms with Crippen molar-refractivity contribution in [2.24, 2.45) is 0 Å². The molecule has 3 nitrogen and oxygen atoms in total. The second-order valence-corrected chi connectivity index (χ2v) is 4.62. The Morgan fingerprint density at radius 3 is 2.60 bits per heavy atom. The standard InChI is InChI=1S/C10H8N2O.C6H3F/c1-7(5-11)8-2-3-10-9(4-8)12-6-13-10;7-6-3-4-1-2-5(4)6/h2-4,6-7H,1H3;1-3H. The van der Waals surface area contributed by atoms with Crippen LogP contribution in [0.15, 0.2) is 47.2 Å². The van der Waals surface area contributed by atoms with Crippen LogP contribution in [0.4, 0.5) is 4.39 Å². The number of hydrogen-bond acceptors (Lipinski definition) is 3. The minimum atomic E-state index is -0.0962. The van der Waals surface area contributed by atoms with Crippen LogP contribution in [0.25, 0.3) is 11.1 Å². The molecule has 20 heavy (non-hydrogen) atoms. The predicted octanol–water partition coefficient (Wildman–Crippen LogP) is 3.88. The van der Waals surface area contributed by atoms with Crippen molar-refractivity contribution in [3.63, 3.8) is 0 Å². The van der Waals surface area contributed by atoms with Crippen LogP contribution in [0, 0.1) is 27.6 Å². The number of nitrogens with zero attached hydrogens (tertiary/aromatic N) is 2. The molecule has 2 aromatic rings. The van der Waals surface area contributed by atoms with Crippen molar-refractivity contribution in [3.8, 4) is 6.07 Å². The molecule has 2 aliphatic carbocycles. The van der Waals surface area contributed by atoms with Gasteiger partial charge in [0.25, 0.3) is 0 Å². The van der Waals surface area contributed by atoms with Gasteiger partial charge in [0.15, 0.2) is 12.0 Å². The Balaban J connectivity index is 0.000000144. The van der Waals surface area contributed by atoms with Crippen LogP contribution in [0.5, 0.6) is 0 Å². The van der Waals surface area contributed by atoms with Gasteiger partial charge in [0.05, 0.1) is 12.0 Å². The lowest BCUT2D eigenvalue weighted by molar-refractivity contribution is 0.602. The average Bonchev–Trinajstić information content (AvgIpc) is 2.91. The Morgan fingerprint density at radius 1 is 1.25 bits per heavy atom. The molecule has 1 heterocycles. The first-order valence-electron chi connectivity index (χ1n) is 6.21. The van der Waals surface area contributed by atoms with Gasteiger partial charge < -0.3 is 4.42 Å². The first-order chi connectivity index (χ1) is 9.69. The normalized spacial score (nSPS) is 12.2. The molecule has 98 valence electrons. The minimum absolute atomic E-state index is 0.0579. The maximum Gasteiger partial charge on any atom is 0.181 e. The molecular weight excluding hydrogens is 255 g/mol. The fraction of sp³-hybridized carbons (Fsp3) is 0.125. The van der Waals surface area contributed by atoms with Gasteiger partial charge in [0.1, 0.15) is 11.3 Å². The number of fused-ring (bicyclic) bond motifs is 1. The SMILES string of the molecule is CC(C#N)c1ccc2ocnc2c1.Fc1cc2ccc1=2. The van der Waals surface area contributed by atoms with Crippen molar-refractivity contribution in [2.75, 3.05) is 0 Å². The van der Waals surface area contributed by atoms with Gasteiger partial charge in [0.2, 0.25) is 0 Å². The topological polar surface area (TPSA) is 49.8 Å². The number of aromatic nitrogens is 1. The van der Waals surface area contributed by atoms with Gasteiger partial charge in [-0.05, 0) is 35.9 Å². The third kappa shape index (κ3) is 2.04. The molecule has 0 fully saturated rings. The van der Waals surface area contributed by atoms with E-state index in [1.54, 1.807) is 6.07 Å². The van der Waals surface area contributed by atoms with Crippen molar-refractivity contribution in [1.82, 2.24) is 4.98 Å². The number of benzene rings is 2. The van der Waals surface area contributed by atoms with E-state index in [2.05, 4.69) is 11.1 Å². The van der Waals surface area contributed by atoms with Crippen LogP contribution >= 0.6 is 0 Å². The Hall–Kier alpha value is -2.67. The Bertz CT molecular complexity index is 908. The number of halogens is 1. The largest absolute Gasteiger partial charge is 0.443 e. The van der Waals surface area contributed by atoms with Crippen LogP contribution in [-0.2, 0) is 0 Å². The highest BCUT2D eigenvalue weighted by Gasteiger charge is 2.05. The summed E-state index contributed by atoms with van der Waals surface area (Å²) < 4.78 is 17.1. The first kappa shape index (κ1) is 12.4. The van der Waals surface area contributed by atoms with Crippen molar-refractivity contribution >= 4 is 11.1 Å². The van der Waals surface area contributed by atoms with E-state index in [9.17, 15) is 4.39 Å². The van der Waals surface area contributed by atoms with Gasteiger partial charge in [-0.1, -0.05) is 18.2 Å². The summed E-state index contributed by atoms with van der Waals surface area (Å²) in [7, 11) is 0. The van der Waals surface area contributed by atoms with Crippen LogP contribution in [0.3, 0.4) is 0 Å². The summed E-state index contributed by atoms with van der Waals surface area (Å²) in [6.45, 7) is 1.86. The Labute approximate surface area is 114 Å². The monoisotopic (exact) mass is 266 g/mol. The summed E-state index contributed by atoms with van der Waals surface area (Å²) in [4.78, 5) is 4.02. The van der Waals surface area contributed by atoms with E-state index in [1.165, 1.54) is 12.5 Å². The van der Waals surface area contributed by atoms with E-state index in [0.29, 0.717) is 0 Å². The lowest BCUT2D eigenvalue weighted by Gasteiger charge is -2.00. The molecule has 1 unspecified atom stereocenters. The molecule has 0 N–H and O–H groups in total. The molecule has 4 heteroatoms. The van der Waals surface area contributed by atoms with Gasteiger partial charge in [-0.3, -0.25) is 0 Å². The quantitative estimate of drug-likeness (QED) is 0.525. The molecule has 1 atom stereocenters. The van der Waals surface area contributed by atoms with E-state index in [-0.39, 0.29) is 11.7 Å². The van der Waals surface area contributed by atoms with Gasteiger partial charge in [-0.2, -0.15) is 5.26 Å². The molecule has 0 saturated carbocycles. The molecule has 1 aromatic heterocycles. The molecule has 0 bridgehead atoms. The van der Waals surface area contributed by atoms with E-state index in [0.717, 1.165) is 27.1 Å². The number of oxazole rings is 1. The summed E-state index contributed by atoms with van der Waals surface area (Å²) >= 11 is 0. The maximum atomic E-state index is 12.0. The maximum absolute atomic E-state index is 12.0. The van der Waals surface area contributed by atoms with Crippen molar-refractivity contribution in [2.45, 2.75) is 12.8 Å². The molecule has 0 aliphatic heterocycles. The molecule has 2 aliphatic rings. The average molecular weight is 266 g/mol. The highest BCUT2D eigenvalue weighted by molar-refractivity contribution is 5.73. The second-order valence-electron chi connectivity index (χ2n) is 4.62. The summed E-state index contributed by atoms with van der Waals surface area (Å²) in [6, 6.07) is 13.0.